The Morgan fingerprint density at radius 3 is 2.25 bits per heavy atom. The van der Waals surface area contributed by atoms with Crippen molar-refractivity contribution in [3.8, 4) is 5.75 Å². The zero-order valence-corrected chi connectivity index (χ0v) is 17.3. The molecule has 3 nitrogen and oxygen atoms in total. The minimum absolute atomic E-state index is 0.00690. The lowest BCUT2D eigenvalue weighted by molar-refractivity contribution is 0.414. The molecular formula is C22H17Cl3N2O. The van der Waals surface area contributed by atoms with Crippen molar-refractivity contribution < 1.29 is 4.74 Å². The fourth-order valence-corrected chi connectivity index (χ4v) is 3.79. The van der Waals surface area contributed by atoms with Crippen molar-refractivity contribution in [2.75, 3.05) is 12.1 Å². The van der Waals surface area contributed by atoms with Crippen LogP contribution in [0.15, 0.2) is 71.8 Å². The SMILES string of the molecule is COc1ccc(C2CC(c3ccc(Cl)cc3)=NN2c2cc(Cl)ccc2Cl)cc1. The summed E-state index contributed by atoms with van der Waals surface area (Å²) in [5, 5.41) is 8.75. The topological polar surface area (TPSA) is 24.8 Å². The maximum absolute atomic E-state index is 6.48. The van der Waals surface area contributed by atoms with Gasteiger partial charge in [-0.15, -0.1) is 0 Å². The lowest BCUT2D eigenvalue weighted by Crippen LogP contribution is -2.18. The summed E-state index contributed by atoms with van der Waals surface area (Å²) in [4.78, 5) is 0. The van der Waals surface area contributed by atoms with E-state index < -0.39 is 0 Å². The van der Waals surface area contributed by atoms with Crippen molar-refractivity contribution in [1.29, 1.82) is 0 Å². The van der Waals surface area contributed by atoms with Gasteiger partial charge in [0.15, 0.2) is 0 Å². The van der Waals surface area contributed by atoms with E-state index in [1.807, 2.05) is 47.5 Å². The van der Waals surface area contributed by atoms with Crippen LogP contribution in [0.1, 0.15) is 23.6 Å². The summed E-state index contributed by atoms with van der Waals surface area (Å²) in [7, 11) is 1.66. The van der Waals surface area contributed by atoms with Crippen LogP contribution in [0.5, 0.6) is 5.75 Å². The highest BCUT2D eigenvalue weighted by atomic mass is 35.5. The second-order valence-corrected chi connectivity index (χ2v) is 7.77. The summed E-state index contributed by atoms with van der Waals surface area (Å²) in [5.74, 6) is 0.813. The predicted molar refractivity (Wildman–Crippen MR) is 117 cm³/mol. The molecule has 3 aromatic rings. The van der Waals surface area contributed by atoms with Crippen LogP contribution in [0.2, 0.25) is 15.1 Å². The smallest absolute Gasteiger partial charge is 0.118 e. The third-order valence-electron chi connectivity index (χ3n) is 4.74. The Hall–Kier alpha value is -2.20. The molecule has 4 rings (SSSR count). The number of hydrogen-bond acceptors (Lipinski definition) is 3. The first-order valence-corrected chi connectivity index (χ1v) is 9.90. The summed E-state index contributed by atoms with van der Waals surface area (Å²) in [6.45, 7) is 0. The van der Waals surface area contributed by atoms with E-state index in [-0.39, 0.29) is 6.04 Å². The number of benzene rings is 3. The van der Waals surface area contributed by atoms with Crippen molar-refractivity contribution in [3.63, 3.8) is 0 Å². The number of anilines is 1. The Balaban J connectivity index is 1.77. The van der Waals surface area contributed by atoms with Gasteiger partial charge in [-0.25, -0.2) is 0 Å². The van der Waals surface area contributed by atoms with Crippen LogP contribution in [-0.2, 0) is 0 Å². The maximum Gasteiger partial charge on any atom is 0.118 e. The Bertz CT molecular complexity index is 1020. The highest BCUT2D eigenvalue weighted by Gasteiger charge is 2.31. The molecule has 1 unspecified atom stereocenters. The molecule has 0 spiro atoms. The van der Waals surface area contributed by atoms with E-state index in [1.165, 1.54) is 0 Å². The van der Waals surface area contributed by atoms with Crippen LogP contribution in [-0.4, -0.2) is 12.8 Å². The molecule has 6 heteroatoms. The van der Waals surface area contributed by atoms with Gasteiger partial charge >= 0.3 is 0 Å². The zero-order chi connectivity index (χ0) is 19.7. The molecule has 0 saturated heterocycles. The number of hydrogen-bond donors (Lipinski definition) is 0. The molecule has 0 saturated carbocycles. The van der Waals surface area contributed by atoms with E-state index >= 15 is 0 Å². The minimum atomic E-state index is -0.00690. The molecule has 0 aromatic heterocycles. The Morgan fingerprint density at radius 1 is 0.893 bits per heavy atom. The maximum atomic E-state index is 6.48. The van der Waals surface area contributed by atoms with E-state index in [1.54, 1.807) is 19.2 Å². The van der Waals surface area contributed by atoms with Crippen molar-refractivity contribution in [3.05, 3.63) is 92.9 Å². The standard InChI is InChI=1S/C22H17Cl3N2O/c1-28-18-9-4-15(5-10-18)21-13-20(14-2-6-16(23)7-3-14)26-27(21)22-12-17(24)8-11-19(22)25/h2-12,21H,13H2,1H3. The second kappa shape index (κ2) is 8.04. The Kier molecular flexibility index (Phi) is 5.49. The molecule has 0 aliphatic carbocycles. The van der Waals surface area contributed by atoms with E-state index in [0.29, 0.717) is 15.1 Å². The predicted octanol–water partition coefficient (Wildman–Crippen LogP) is 7.01. The van der Waals surface area contributed by atoms with Crippen LogP contribution in [0.4, 0.5) is 5.69 Å². The molecule has 0 bridgehead atoms. The van der Waals surface area contributed by atoms with Crippen LogP contribution in [0.25, 0.3) is 0 Å². The molecule has 1 atom stereocenters. The van der Waals surface area contributed by atoms with Crippen molar-refractivity contribution in [1.82, 2.24) is 0 Å². The molecule has 28 heavy (non-hydrogen) atoms. The van der Waals surface area contributed by atoms with Gasteiger partial charge in [0.1, 0.15) is 5.75 Å². The average Bonchev–Trinajstić information content (AvgIpc) is 3.15. The molecule has 0 radical (unpaired) electrons. The van der Waals surface area contributed by atoms with Crippen LogP contribution < -0.4 is 9.75 Å². The zero-order valence-electron chi connectivity index (χ0n) is 15.1. The lowest BCUT2D eigenvalue weighted by atomic mass is 9.98. The number of methoxy groups -OCH3 is 1. The molecular weight excluding hydrogens is 415 g/mol. The third-order valence-corrected chi connectivity index (χ3v) is 5.55. The number of ether oxygens (including phenoxy) is 1. The molecule has 142 valence electrons. The van der Waals surface area contributed by atoms with E-state index in [9.17, 15) is 0 Å². The van der Waals surface area contributed by atoms with Gasteiger partial charge in [-0.3, -0.25) is 5.01 Å². The number of nitrogens with zero attached hydrogens (tertiary/aromatic N) is 2. The van der Waals surface area contributed by atoms with Crippen LogP contribution in [0.3, 0.4) is 0 Å². The van der Waals surface area contributed by atoms with Crippen molar-refractivity contribution in [2.24, 2.45) is 5.10 Å². The second-order valence-electron chi connectivity index (χ2n) is 6.49. The molecule has 1 aliphatic heterocycles. The first-order valence-electron chi connectivity index (χ1n) is 8.77. The molecule has 3 aromatic carbocycles. The first kappa shape index (κ1) is 19.1. The van der Waals surface area contributed by atoms with Gasteiger partial charge in [0.2, 0.25) is 0 Å². The summed E-state index contributed by atoms with van der Waals surface area (Å²) in [6.07, 6.45) is 0.733. The molecule has 1 aliphatic rings. The average molecular weight is 432 g/mol. The van der Waals surface area contributed by atoms with Crippen molar-refractivity contribution in [2.45, 2.75) is 12.5 Å². The van der Waals surface area contributed by atoms with Gasteiger partial charge in [0.25, 0.3) is 0 Å². The number of hydrazone groups is 1. The van der Waals surface area contributed by atoms with Gasteiger partial charge in [0.05, 0.1) is 29.6 Å². The fraction of sp³-hybridized carbons (Fsp3) is 0.136. The molecule has 1 heterocycles. The van der Waals surface area contributed by atoms with Crippen LogP contribution in [0, 0.1) is 0 Å². The fourth-order valence-electron chi connectivity index (χ4n) is 3.30. The summed E-state index contributed by atoms with van der Waals surface area (Å²) in [5.41, 5.74) is 3.89. The minimum Gasteiger partial charge on any atom is -0.497 e. The van der Waals surface area contributed by atoms with Crippen LogP contribution >= 0.6 is 34.8 Å². The third kappa shape index (κ3) is 3.83. The summed E-state index contributed by atoms with van der Waals surface area (Å²) >= 11 is 18.8. The quantitative estimate of drug-likeness (QED) is 0.444. The van der Waals surface area contributed by atoms with Gasteiger partial charge in [-0.2, -0.15) is 5.10 Å². The molecule has 0 amide bonds. The van der Waals surface area contributed by atoms with Crippen molar-refractivity contribution >= 4 is 46.2 Å². The summed E-state index contributed by atoms with van der Waals surface area (Å²) < 4.78 is 5.29. The van der Waals surface area contributed by atoms with Gasteiger partial charge < -0.3 is 4.74 Å². The largest absolute Gasteiger partial charge is 0.497 e. The normalized spacial score (nSPS) is 16.2. The van der Waals surface area contributed by atoms with E-state index in [2.05, 4.69) is 12.1 Å². The Morgan fingerprint density at radius 2 is 1.57 bits per heavy atom. The lowest BCUT2D eigenvalue weighted by Gasteiger charge is -2.25. The van der Waals surface area contributed by atoms with Gasteiger partial charge in [0, 0.05) is 16.5 Å². The molecule has 0 fully saturated rings. The van der Waals surface area contributed by atoms with Gasteiger partial charge in [-0.05, 0) is 53.6 Å². The van der Waals surface area contributed by atoms with E-state index in [4.69, 9.17) is 44.6 Å². The highest BCUT2D eigenvalue weighted by Crippen LogP contribution is 2.41. The summed E-state index contributed by atoms with van der Waals surface area (Å²) in [6, 6.07) is 21.1. The number of halogens is 3. The Labute approximate surface area is 179 Å². The first-order chi connectivity index (χ1) is 13.5. The van der Waals surface area contributed by atoms with Gasteiger partial charge in [-0.1, -0.05) is 59.1 Å². The molecule has 0 N–H and O–H groups in total. The van der Waals surface area contributed by atoms with E-state index in [0.717, 1.165) is 34.7 Å². The number of rotatable bonds is 4. The monoisotopic (exact) mass is 430 g/mol. The highest BCUT2D eigenvalue weighted by molar-refractivity contribution is 6.35.